The van der Waals surface area contributed by atoms with Crippen molar-refractivity contribution in [2.75, 3.05) is 19.0 Å². The first-order valence-electron chi connectivity index (χ1n) is 6.71. The average Bonchev–Trinajstić information content (AvgIpc) is 2.49. The molecule has 0 aliphatic carbocycles. The Morgan fingerprint density at radius 1 is 1.29 bits per heavy atom. The monoisotopic (exact) mass is 461 g/mol. The Bertz CT molecular complexity index is 622. The zero-order chi connectivity index (χ0) is 15.2. The normalized spacial score (nSPS) is 10.7. The minimum atomic E-state index is 0.471. The molecule has 0 bridgehead atoms. The van der Waals surface area contributed by atoms with Crippen molar-refractivity contribution in [3.63, 3.8) is 0 Å². The van der Waals surface area contributed by atoms with Crippen LogP contribution in [0, 0.1) is 3.57 Å². The van der Waals surface area contributed by atoms with Crippen LogP contribution in [0.1, 0.15) is 19.0 Å². The molecule has 0 unspecified atom stereocenters. The fraction of sp³-hybridized carbons (Fsp3) is 0.333. The van der Waals surface area contributed by atoms with Crippen LogP contribution in [0.15, 0.2) is 28.7 Å². The van der Waals surface area contributed by atoms with Crippen molar-refractivity contribution in [1.29, 1.82) is 0 Å². The number of nitrogens with one attached hydrogen (secondary N) is 1. The van der Waals surface area contributed by atoms with Crippen LogP contribution >= 0.6 is 38.5 Å². The predicted octanol–water partition coefficient (Wildman–Crippen LogP) is 4.48. The highest BCUT2D eigenvalue weighted by Gasteiger charge is 2.14. The van der Waals surface area contributed by atoms with Crippen LogP contribution in [0.4, 0.5) is 5.82 Å². The quantitative estimate of drug-likeness (QED) is 0.644. The van der Waals surface area contributed by atoms with Gasteiger partial charge in [0.1, 0.15) is 5.82 Å². The minimum absolute atomic E-state index is 0.471. The van der Waals surface area contributed by atoms with Crippen molar-refractivity contribution in [2.24, 2.45) is 0 Å². The van der Waals surface area contributed by atoms with Crippen molar-refractivity contribution in [3.05, 3.63) is 38.0 Å². The van der Waals surface area contributed by atoms with Crippen LogP contribution in [0.25, 0.3) is 11.4 Å². The van der Waals surface area contributed by atoms with Gasteiger partial charge in [0, 0.05) is 23.7 Å². The number of hydrogen-bond acceptors (Lipinski definition) is 4. The third-order valence-electron chi connectivity index (χ3n) is 2.86. The molecule has 2 rings (SSSR count). The Labute approximate surface area is 147 Å². The number of halogens is 2. The van der Waals surface area contributed by atoms with E-state index in [4.69, 9.17) is 4.74 Å². The summed E-state index contributed by atoms with van der Waals surface area (Å²) in [6.45, 7) is 3.49. The molecule has 2 aromatic rings. The Hall–Kier alpha value is -0.730. The maximum absolute atomic E-state index is 5.25. The van der Waals surface area contributed by atoms with E-state index < -0.39 is 0 Å². The lowest BCUT2D eigenvalue weighted by Crippen LogP contribution is -2.09. The van der Waals surface area contributed by atoms with Gasteiger partial charge < -0.3 is 10.1 Å². The summed E-state index contributed by atoms with van der Waals surface area (Å²) in [5.74, 6) is 1.57. The molecule has 0 aliphatic heterocycles. The number of hydrogen-bond donors (Lipinski definition) is 1. The van der Waals surface area contributed by atoms with Gasteiger partial charge in [-0.3, -0.25) is 0 Å². The van der Waals surface area contributed by atoms with Crippen LogP contribution in [0.5, 0.6) is 0 Å². The third-order valence-corrected chi connectivity index (χ3v) is 4.68. The number of methoxy groups -OCH3 is 1. The van der Waals surface area contributed by atoms with Gasteiger partial charge in [-0.15, -0.1) is 0 Å². The van der Waals surface area contributed by atoms with E-state index in [-0.39, 0.29) is 0 Å². The van der Waals surface area contributed by atoms with E-state index in [0.29, 0.717) is 12.4 Å². The second-order valence-electron chi connectivity index (χ2n) is 4.50. The maximum Gasteiger partial charge on any atom is 0.163 e. The van der Waals surface area contributed by atoms with E-state index in [0.717, 1.165) is 38.1 Å². The first kappa shape index (κ1) is 16.6. The Morgan fingerprint density at radius 3 is 2.71 bits per heavy atom. The lowest BCUT2D eigenvalue weighted by Gasteiger charge is -2.13. The predicted molar refractivity (Wildman–Crippen MR) is 97.4 cm³/mol. The summed E-state index contributed by atoms with van der Waals surface area (Å²) < 4.78 is 7.25. The SMILES string of the molecule is CCCNc1nc(-c2ccccc2Br)nc(COC)c1I. The molecule has 1 aromatic carbocycles. The molecule has 4 nitrogen and oxygen atoms in total. The lowest BCUT2D eigenvalue weighted by molar-refractivity contribution is 0.181. The summed E-state index contributed by atoms with van der Waals surface area (Å²) >= 11 is 5.83. The van der Waals surface area contributed by atoms with Crippen LogP contribution in [0.2, 0.25) is 0 Å². The van der Waals surface area contributed by atoms with Crippen molar-refractivity contribution in [2.45, 2.75) is 20.0 Å². The summed E-state index contributed by atoms with van der Waals surface area (Å²) in [6, 6.07) is 7.96. The first-order chi connectivity index (χ1) is 10.2. The molecule has 1 N–H and O–H groups in total. The number of benzene rings is 1. The number of anilines is 1. The zero-order valence-electron chi connectivity index (χ0n) is 12.0. The van der Waals surface area contributed by atoms with Gasteiger partial charge in [-0.05, 0) is 35.1 Å². The summed E-state index contributed by atoms with van der Waals surface area (Å²) in [5, 5.41) is 3.36. The molecule has 1 heterocycles. The second-order valence-corrected chi connectivity index (χ2v) is 6.43. The molecular formula is C15H17BrIN3O. The van der Waals surface area contributed by atoms with Crippen LogP contribution in [0.3, 0.4) is 0 Å². The highest BCUT2D eigenvalue weighted by atomic mass is 127. The maximum atomic E-state index is 5.25. The molecule has 21 heavy (non-hydrogen) atoms. The summed E-state index contributed by atoms with van der Waals surface area (Å²) in [6.07, 6.45) is 1.05. The fourth-order valence-electron chi connectivity index (χ4n) is 1.85. The Balaban J connectivity index is 2.50. The molecule has 0 aliphatic rings. The molecule has 0 saturated heterocycles. The lowest BCUT2D eigenvalue weighted by atomic mass is 10.2. The summed E-state index contributed by atoms with van der Waals surface area (Å²) in [5.41, 5.74) is 1.88. The molecular weight excluding hydrogens is 445 g/mol. The molecule has 0 atom stereocenters. The topological polar surface area (TPSA) is 47.0 Å². The van der Waals surface area contributed by atoms with Crippen molar-refractivity contribution < 1.29 is 4.74 Å². The van der Waals surface area contributed by atoms with E-state index in [1.807, 2.05) is 24.3 Å². The number of ether oxygens (including phenoxy) is 1. The van der Waals surface area contributed by atoms with Crippen LogP contribution in [-0.2, 0) is 11.3 Å². The number of rotatable bonds is 6. The van der Waals surface area contributed by atoms with Gasteiger partial charge in [0.25, 0.3) is 0 Å². The fourth-order valence-corrected chi connectivity index (χ4v) is 2.90. The van der Waals surface area contributed by atoms with Gasteiger partial charge in [0.05, 0.1) is 15.9 Å². The van der Waals surface area contributed by atoms with Gasteiger partial charge in [0.2, 0.25) is 0 Å². The largest absolute Gasteiger partial charge is 0.378 e. The Morgan fingerprint density at radius 2 is 2.05 bits per heavy atom. The molecule has 0 amide bonds. The van der Waals surface area contributed by atoms with E-state index >= 15 is 0 Å². The molecule has 0 radical (unpaired) electrons. The van der Waals surface area contributed by atoms with E-state index in [2.05, 4.69) is 60.7 Å². The van der Waals surface area contributed by atoms with Gasteiger partial charge in [0.15, 0.2) is 5.82 Å². The second kappa shape index (κ2) is 8.05. The number of nitrogens with zero attached hydrogens (tertiary/aromatic N) is 2. The third kappa shape index (κ3) is 4.14. The van der Waals surface area contributed by atoms with Crippen molar-refractivity contribution >= 4 is 44.3 Å². The highest BCUT2D eigenvalue weighted by Crippen LogP contribution is 2.29. The van der Waals surface area contributed by atoms with E-state index in [1.54, 1.807) is 7.11 Å². The molecule has 112 valence electrons. The average molecular weight is 462 g/mol. The zero-order valence-corrected chi connectivity index (χ0v) is 15.7. The molecule has 0 spiro atoms. The standard InChI is InChI=1S/C15H17BrIN3O/c1-3-8-18-15-13(17)12(9-21-2)19-14(20-15)10-6-4-5-7-11(10)16/h4-7H,3,8-9H2,1-2H3,(H,18,19,20). The number of aromatic nitrogens is 2. The van der Waals surface area contributed by atoms with Gasteiger partial charge >= 0.3 is 0 Å². The first-order valence-corrected chi connectivity index (χ1v) is 8.58. The van der Waals surface area contributed by atoms with Crippen LogP contribution < -0.4 is 5.32 Å². The van der Waals surface area contributed by atoms with Gasteiger partial charge in [-0.1, -0.05) is 41.1 Å². The van der Waals surface area contributed by atoms with Crippen LogP contribution in [-0.4, -0.2) is 23.6 Å². The summed E-state index contributed by atoms with van der Waals surface area (Å²) in [4.78, 5) is 9.32. The van der Waals surface area contributed by atoms with Crippen molar-refractivity contribution in [3.8, 4) is 11.4 Å². The molecule has 0 saturated carbocycles. The highest BCUT2D eigenvalue weighted by molar-refractivity contribution is 14.1. The van der Waals surface area contributed by atoms with E-state index in [9.17, 15) is 0 Å². The minimum Gasteiger partial charge on any atom is -0.378 e. The molecule has 6 heteroatoms. The molecule has 0 fully saturated rings. The Kier molecular flexibility index (Phi) is 6.38. The van der Waals surface area contributed by atoms with E-state index in [1.165, 1.54) is 0 Å². The van der Waals surface area contributed by atoms with Gasteiger partial charge in [-0.25, -0.2) is 9.97 Å². The van der Waals surface area contributed by atoms with Crippen molar-refractivity contribution in [1.82, 2.24) is 9.97 Å². The summed E-state index contributed by atoms with van der Waals surface area (Å²) in [7, 11) is 1.68. The van der Waals surface area contributed by atoms with Gasteiger partial charge in [-0.2, -0.15) is 0 Å². The smallest absolute Gasteiger partial charge is 0.163 e. The molecule has 1 aromatic heterocycles.